The first-order chi connectivity index (χ1) is 6.07. The molecule has 0 aliphatic rings. The first-order valence-corrected chi connectivity index (χ1v) is 4.47. The smallest absolute Gasteiger partial charge is 0.261 e. The summed E-state index contributed by atoms with van der Waals surface area (Å²) in [5, 5.41) is 0.0255. The van der Waals surface area contributed by atoms with E-state index in [0.29, 0.717) is 5.56 Å². The van der Waals surface area contributed by atoms with Crippen LogP contribution in [0.15, 0.2) is 6.20 Å². The van der Waals surface area contributed by atoms with Gasteiger partial charge in [-0.2, -0.15) is 0 Å². The molecular formula is C8H7Cl2F2N. The van der Waals surface area contributed by atoms with E-state index in [4.69, 9.17) is 23.2 Å². The van der Waals surface area contributed by atoms with Crippen LogP contribution < -0.4 is 0 Å². The van der Waals surface area contributed by atoms with E-state index in [1.807, 2.05) is 0 Å². The van der Waals surface area contributed by atoms with Crippen molar-refractivity contribution in [3.05, 3.63) is 28.0 Å². The van der Waals surface area contributed by atoms with Gasteiger partial charge in [0.1, 0.15) is 0 Å². The topological polar surface area (TPSA) is 12.9 Å². The van der Waals surface area contributed by atoms with Gasteiger partial charge >= 0.3 is 0 Å². The third-order valence-electron chi connectivity index (χ3n) is 1.68. The lowest BCUT2D eigenvalue weighted by Gasteiger charge is -2.08. The summed E-state index contributed by atoms with van der Waals surface area (Å²) in [6.45, 7) is 1.49. The van der Waals surface area contributed by atoms with Crippen LogP contribution in [0.5, 0.6) is 0 Å². The van der Waals surface area contributed by atoms with Crippen LogP contribution in [0, 0.1) is 6.92 Å². The summed E-state index contributed by atoms with van der Waals surface area (Å²) in [6.07, 6.45) is -1.19. The van der Waals surface area contributed by atoms with E-state index in [9.17, 15) is 8.78 Å². The number of hydrogen-bond acceptors (Lipinski definition) is 1. The number of rotatable bonds is 2. The van der Waals surface area contributed by atoms with Gasteiger partial charge in [-0.1, -0.05) is 11.6 Å². The van der Waals surface area contributed by atoms with Crippen molar-refractivity contribution >= 4 is 23.2 Å². The first kappa shape index (κ1) is 10.7. The maximum Gasteiger partial charge on any atom is 0.267 e. The van der Waals surface area contributed by atoms with E-state index in [1.165, 1.54) is 13.1 Å². The van der Waals surface area contributed by atoms with Crippen molar-refractivity contribution in [2.75, 3.05) is 0 Å². The summed E-state index contributed by atoms with van der Waals surface area (Å²) in [7, 11) is 0. The molecule has 0 saturated carbocycles. The molecule has 1 nitrogen and oxygen atoms in total. The monoisotopic (exact) mass is 225 g/mol. The predicted molar refractivity (Wildman–Crippen MR) is 48.5 cm³/mol. The minimum absolute atomic E-state index is 0.0255. The molecule has 0 aliphatic carbocycles. The van der Waals surface area contributed by atoms with E-state index in [1.54, 1.807) is 0 Å². The van der Waals surface area contributed by atoms with Crippen molar-refractivity contribution < 1.29 is 8.78 Å². The minimum atomic E-state index is -2.61. The third kappa shape index (κ3) is 2.09. The van der Waals surface area contributed by atoms with E-state index >= 15 is 0 Å². The number of alkyl halides is 3. The molecule has 0 aliphatic heterocycles. The number of nitrogens with zero attached hydrogens (tertiary/aromatic N) is 1. The van der Waals surface area contributed by atoms with Crippen LogP contribution in [-0.2, 0) is 5.88 Å². The second-order valence-corrected chi connectivity index (χ2v) is 3.18. The zero-order chi connectivity index (χ0) is 10.0. The Bertz CT molecular complexity index is 315. The fourth-order valence-electron chi connectivity index (χ4n) is 0.980. The summed E-state index contributed by atoms with van der Waals surface area (Å²) in [4.78, 5) is 3.78. The Balaban J connectivity index is 3.30. The molecule has 0 saturated heterocycles. The Morgan fingerprint density at radius 3 is 2.62 bits per heavy atom. The van der Waals surface area contributed by atoms with Gasteiger partial charge in [-0.25, -0.2) is 8.78 Å². The van der Waals surface area contributed by atoms with Crippen molar-refractivity contribution in [3.8, 4) is 0 Å². The quantitative estimate of drug-likeness (QED) is 0.700. The summed E-state index contributed by atoms with van der Waals surface area (Å²) >= 11 is 11.2. The number of aryl methyl sites for hydroxylation is 1. The molecule has 72 valence electrons. The van der Waals surface area contributed by atoms with E-state index in [2.05, 4.69) is 4.98 Å². The molecule has 1 rings (SSSR count). The minimum Gasteiger partial charge on any atom is -0.261 e. The van der Waals surface area contributed by atoms with Crippen molar-refractivity contribution in [1.29, 1.82) is 0 Å². The van der Waals surface area contributed by atoms with Gasteiger partial charge in [0.2, 0.25) is 0 Å². The third-order valence-corrected chi connectivity index (χ3v) is 2.42. The molecule has 1 heterocycles. The van der Waals surface area contributed by atoms with Crippen molar-refractivity contribution in [2.24, 2.45) is 0 Å². The Hall–Kier alpha value is -0.410. The highest BCUT2D eigenvalue weighted by Crippen LogP contribution is 2.31. The number of aromatic nitrogens is 1. The van der Waals surface area contributed by atoms with Gasteiger partial charge in [-0.3, -0.25) is 4.98 Å². The highest BCUT2D eigenvalue weighted by molar-refractivity contribution is 6.33. The molecule has 0 unspecified atom stereocenters. The zero-order valence-electron chi connectivity index (χ0n) is 6.82. The van der Waals surface area contributed by atoms with Gasteiger partial charge in [0, 0.05) is 17.5 Å². The van der Waals surface area contributed by atoms with Crippen LogP contribution in [0.4, 0.5) is 8.78 Å². The van der Waals surface area contributed by atoms with Gasteiger partial charge in [0.25, 0.3) is 6.43 Å². The maximum absolute atomic E-state index is 12.4. The van der Waals surface area contributed by atoms with E-state index in [-0.39, 0.29) is 22.2 Å². The molecule has 0 atom stereocenters. The van der Waals surface area contributed by atoms with Crippen molar-refractivity contribution in [1.82, 2.24) is 4.98 Å². The van der Waals surface area contributed by atoms with E-state index < -0.39 is 6.43 Å². The van der Waals surface area contributed by atoms with Crippen LogP contribution in [0.25, 0.3) is 0 Å². The Labute approximate surface area is 84.7 Å². The summed E-state index contributed by atoms with van der Waals surface area (Å²) in [5.74, 6) is 0.0891. The van der Waals surface area contributed by atoms with Gasteiger partial charge in [-0.05, 0) is 6.92 Å². The van der Waals surface area contributed by atoms with Crippen LogP contribution in [-0.4, -0.2) is 4.98 Å². The average molecular weight is 226 g/mol. The van der Waals surface area contributed by atoms with Gasteiger partial charge in [-0.15, -0.1) is 11.6 Å². The molecule has 0 bridgehead atoms. The molecule has 0 aromatic carbocycles. The van der Waals surface area contributed by atoms with Gasteiger partial charge in [0.05, 0.1) is 16.5 Å². The van der Waals surface area contributed by atoms with Crippen LogP contribution >= 0.6 is 23.2 Å². The summed E-state index contributed by atoms with van der Waals surface area (Å²) in [5.41, 5.74) is 0.456. The summed E-state index contributed by atoms with van der Waals surface area (Å²) < 4.78 is 24.9. The van der Waals surface area contributed by atoms with Crippen LogP contribution in [0.1, 0.15) is 23.2 Å². The lowest BCUT2D eigenvalue weighted by Crippen LogP contribution is -1.97. The molecule has 1 aromatic heterocycles. The summed E-state index contributed by atoms with van der Waals surface area (Å²) in [6, 6.07) is 0. The molecule has 5 heteroatoms. The highest BCUT2D eigenvalue weighted by Gasteiger charge is 2.18. The molecule has 13 heavy (non-hydrogen) atoms. The van der Waals surface area contributed by atoms with Crippen molar-refractivity contribution in [2.45, 2.75) is 19.2 Å². The number of hydrogen-bond donors (Lipinski definition) is 0. The number of halogens is 4. The second-order valence-electron chi connectivity index (χ2n) is 2.53. The lowest BCUT2D eigenvalue weighted by molar-refractivity contribution is 0.150. The molecule has 0 amide bonds. The highest BCUT2D eigenvalue weighted by atomic mass is 35.5. The van der Waals surface area contributed by atoms with Crippen LogP contribution in [0.3, 0.4) is 0 Å². The molecule has 0 radical (unpaired) electrons. The lowest BCUT2D eigenvalue weighted by atomic mass is 10.1. The predicted octanol–water partition coefficient (Wildman–Crippen LogP) is 3.72. The SMILES string of the molecule is Cc1ncc(CCl)c(Cl)c1C(F)F. The molecular weight excluding hydrogens is 219 g/mol. The maximum atomic E-state index is 12.4. The van der Waals surface area contributed by atoms with Gasteiger partial charge < -0.3 is 0 Å². The fourth-order valence-corrected chi connectivity index (χ4v) is 1.59. The van der Waals surface area contributed by atoms with Gasteiger partial charge in [0.15, 0.2) is 0 Å². The molecule has 0 N–H and O–H groups in total. The zero-order valence-corrected chi connectivity index (χ0v) is 8.33. The molecule has 0 spiro atoms. The molecule has 1 aromatic rings. The standard InChI is InChI=1S/C8H7Cl2F2N/c1-4-6(8(11)12)7(10)5(2-9)3-13-4/h3,8H,2H2,1H3. The second kappa shape index (κ2) is 4.20. The Morgan fingerprint density at radius 2 is 2.15 bits per heavy atom. The Morgan fingerprint density at radius 1 is 1.54 bits per heavy atom. The van der Waals surface area contributed by atoms with Crippen LogP contribution in [0.2, 0.25) is 5.02 Å². The normalized spacial score (nSPS) is 10.9. The molecule has 0 fully saturated rings. The number of pyridine rings is 1. The van der Waals surface area contributed by atoms with E-state index in [0.717, 1.165) is 0 Å². The average Bonchev–Trinajstić information content (AvgIpc) is 2.04. The Kier molecular flexibility index (Phi) is 3.45. The van der Waals surface area contributed by atoms with Crippen molar-refractivity contribution in [3.63, 3.8) is 0 Å². The first-order valence-electron chi connectivity index (χ1n) is 3.56. The fraction of sp³-hybridized carbons (Fsp3) is 0.375. The largest absolute Gasteiger partial charge is 0.267 e.